The molecular formula is C20H29NO5. The summed E-state index contributed by atoms with van der Waals surface area (Å²) in [5.74, 6) is 0.718. The van der Waals surface area contributed by atoms with Gasteiger partial charge in [0.05, 0.1) is 13.7 Å². The SMILES string of the molecule is COc1cc(/C=C/C(=O)OCC(=O)NC(C)(C)C)ccc1OCC(C)C. The van der Waals surface area contributed by atoms with Crippen molar-refractivity contribution in [2.75, 3.05) is 20.3 Å². The average Bonchev–Trinajstić information content (AvgIpc) is 2.54. The fraction of sp³-hybridized carbons (Fsp3) is 0.500. The highest BCUT2D eigenvalue weighted by Crippen LogP contribution is 2.28. The number of hydrogen-bond acceptors (Lipinski definition) is 5. The van der Waals surface area contributed by atoms with Crippen LogP contribution >= 0.6 is 0 Å². The second-order valence-corrected chi connectivity index (χ2v) is 7.35. The molecule has 0 saturated heterocycles. The fourth-order valence-corrected chi connectivity index (χ4v) is 1.97. The number of methoxy groups -OCH3 is 1. The average molecular weight is 363 g/mol. The maximum atomic E-state index is 11.7. The minimum atomic E-state index is -0.590. The number of rotatable bonds is 8. The van der Waals surface area contributed by atoms with Gasteiger partial charge in [-0.15, -0.1) is 0 Å². The molecule has 0 atom stereocenters. The summed E-state index contributed by atoms with van der Waals surface area (Å²) in [5, 5.41) is 2.72. The normalized spacial score (nSPS) is 11.5. The molecule has 0 aliphatic rings. The van der Waals surface area contributed by atoms with E-state index in [4.69, 9.17) is 14.2 Å². The molecule has 1 aromatic rings. The molecule has 1 N–H and O–H groups in total. The molecule has 1 rings (SSSR count). The van der Waals surface area contributed by atoms with Gasteiger partial charge in [-0.05, 0) is 50.5 Å². The van der Waals surface area contributed by atoms with Gasteiger partial charge in [-0.25, -0.2) is 4.79 Å². The lowest BCUT2D eigenvalue weighted by Gasteiger charge is -2.20. The number of ether oxygens (including phenoxy) is 3. The lowest BCUT2D eigenvalue weighted by molar-refractivity contribution is -0.144. The number of amides is 1. The van der Waals surface area contributed by atoms with Crippen molar-refractivity contribution in [2.24, 2.45) is 5.92 Å². The van der Waals surface area contributed by atoms with E-state index in [0.29, 0.717) is 24.0 Å². The third kappa shape index (κ3) is 8.55. The Morgan fingerprint density at radius 2 is 1.88 bits per heavy atom. The van der Waals surface area contributed by atoms with Crippen molar-refractivity contribution in [1.29, 1.82) is 0 Å². The number of esters is 1. The first-order valence-corrected chi connectivity index (χ1v) is 8.57. The summed E-state index contributed by atoms with van der Waals surface area (Å²) in [4.78, 5) is 23.4. The van der Waals surface area contributed by atoms with Crippen molar-refractivity contribution >= 4 is 18.0 Å². The van der Waals surface area contributed by atoms with Crippen LogP contribution in [0, 0.1) is 5.92 Å². The van der Waals surface area contributed by atoms with Crippen molar-refractivity contribution in [3.05, 3.63) is 29.8 Å². The molecule has 0 saturated carbocycles. The zero-order valence-electron chi connectivity index (χ0n) is 16.4. The zero-order valence-corrected chi connectivity index (χ0v) is 16.4. The Morgan fingerprint density at radius 1 is 1.19 bits per heavy atom. The van der Waals surface area contributed by atoms with Crippen LogP contribution in [0.25, 0.3) is 6.08 Å². The van der Waals surface area contributed by atoms with Gasteiger partial charge in [0.15, 0.2) is 18.1 Å². The van der Waals surface area contributed by atoms with Crippen LogP contribution in [0.2, 0.25) is 0 Å². The van der Waals surface area contributed by atoms with Crippen molar-refractivity contribution in [1.82, 2.24) is 5.32 Å². The monoisotopic (exact) mass is 363 g/mol. The van der Waals surface area contributed by atoms with Gasteiger partial charge in [0.1, 0.15) is 0 Å². The van der Waals surface area contributed by atoms with Crippen molar-refractivity contribution in [3.63, 3.8) is 0 Å². The first-order chi connectivity index (χ1) is 12.1. The minimum absolute atomic E-state index is 0.314. The Bertz CT molecular complexity index is 644. The third-order valence-corrected chi connectivity index (χ3v) is 3.03. The Kier molecular flexibility index (Phi) is 8.16. The van der Waals surface area contributed by atoms with E-state index < -0.39 is 5.97 Å². The lowest BCUT2D eigenvalue weighted by atomic mass is 10.1. The largest absolute Gasteiger partial charge is 0.493 e. The Morgan fingerprint density at radius 3 is 2.46 bits per heavy atom. The van der Waals surface area contributed by atoms with Crippen LogP contribution in [0.3, 0.4) is 0 Å². The van der Waals surface area contributed by atoms with E-state index >= 15 is 0 Å². The smallest absolute Gasteiger partial charge is 0.331 e. The van der Waals surface area contributed by atoms with E-state index in [1.165, 1.54) is 6.08 Å². The van der Waals surface area contributed by atoms with Gasteiger partial charge in [-0.3, -0.25) is 4.79 Å². The molecule has 0 radical (unpaired) electrons. The molecule has 0 heterocycles. The van der Waals surface area contributed by atoms with E-state index in [1.54, 1.807) is 25.3 Å². The van der Waals surface area contributed by atoms with E-state index in [2.05, 4.69) is 19.2 Å². The molecule has 0 bridgehead atoms. The molecule has 0 unspecified atom stereocenters. The number of hydrogen-bond donors (Lipinski definition) is 1. The molecule has 0 aromatic heterocycles. The summed E-state index contributed by atoms with van der Waals surface area (Å²) in [6, 6.07) is 5.38. The maximum Gasteiger partial charge on any atom is 0.331 e. The van der Waals surface area contributed by atoms with Crippen molar-refractivity contribution in [3.8, 4) is 11.5 Å². The molecule has 6 nitrogen and oxygen atoms in total. The van der Waals surface area contributed by atoms with Crippen LogP contribution < -0.4 is 14.8 Å². The van der Waals surface area contributed by atoms with Gasteiger partial charge in [-0.2, -0.15) is 0 Å². The van der Waals surface area contributed by atoms with Crippen molar-refractivity contribution < 1.29 is 23.8 Å². The van der Waals surface area contributed by atoms with Crippen LogP contribution in [0.5, 0.6) is 11.5 Å². The van der Waals surface area contributed by atoms with Crippen LogP contribution in [0.4, 0.5) is 0 Å². The van der Waals surface area contributed by atoms with Crippen LogP contribution in [0.1, 0.15) is 40.2 Å². The molecule has 6 heteroatoms. The quantitative estimate of drug-likeness (QED) is 0.567. The first kappa shape index (κ1) is 21.5. The number of benzene rings is 1. The highest BCUT2D eigenvalue weighted by atomic mass is 16.5. The summed E-state index contributed by atoms with van der Waals surface area (Å²) in [6.07, 6.45) is 2.87. The molecule has 0 spiro atoms. The second kappa shape index (κ2) is 9.85. The molecule has 0 aliphatic carbocycles. The van der Waals surface area contributed by atoms with Gasteiger partial charge in [0.2, 0.25) is 0 Å². The van der Waals surface area contributed by atoms with Gasteiger partial charge in [0, 0.05) is 11.6 Å². The number of carbonyl (C=O) groups is 2. The summed E-state index contributed by atoms with van der Waals surface area (Å²) >= 11 is 0. The predicted octanol–water partition coefficient (Wildman–Crippen LogP) is 3.20. The molecule has 26 heavy (non-hydrogen) atoms. The number of carbonyl (C=O) groups excluding carboxylic acids is 2. The van der Waals surface area contributed by atoms with Crippen LogP contribution in [0.15, 0.2) is 24.3 Å². The molecule has 0 aliphatic heterocycles. The predicted molar refractivity (Wildman–Crippen MR) is 101 cm³/mol. The van der Waals surface area contributed by atoms with Crippen molar-refractivity contribution in [2.45, 2.75) is 40.2 Å². The Labute approximate surface area is 155 Å². The van der Waals surface area contributed by atoms with Gasteiger partial charge < -0.3 is 19.5 Å². The second-order valence-electron chi connectivity index (χ2n) is 7.35. The molecule has 0 fully saturated rings. The summed E-state index contributed by atoms with van der Waals surface area (Å²) < 4.78 is 15.9. The van der Waals surface area contributed by atoms with Crippen LogP contribution in [-0.4, -0.2) is 37.7 Å². The Balaban J connectivity index is 2.61. The molecule has 1 amide bonds. The van der Waals surface area contributed by atoms with Crippen LogP contribution in [-0.2, 0) is 14.3 Å². The van der Waals surface area contributed by atoms with Gasteiger partial charge in [-0.1, -0.05) is 19.9 Å². The summed E-state index contributed by atoms with van der Waals surface area (Å²) in [5.41, 5.74) is 0.393. The Hall–Kier alpha value is -2.50. The highest BCUT2D eigenvalue weighted by molar-refractivity contribution is 5.89. The van der Waals surface area contributed by atoms with E-state index in [9.17, 15) is 9.59 Å². The van der Waals surface area contributed by atoms with E-state index in [0.717, 1.165) is 5.56 Å². The summed E-state index contributed by atoms with van der Waals surface area (Å²) in [7, 11) is 1.56. The lowest BCUT2D eigenvalue weighted by Crippen LogP contribution is -2.42. The van der Waals surface area contributed by atoms with E-state index in [1.807, 2.05) is 26.8 Å². The standard InChI is InChI=1S/C20H29NO5/c1-14(2)12-25-16-9-7-15(11-17(16)24-6)8-10-19(23)26-13-18(22)21-20(3,4)5/h7-11,14H,12-13H2,1-6H3,(H,21,22)/b10-8+. The zero-order chi connectivity index (χ0) is 19.7. The third-order valence-electron chi connectivity index (χ3n) is 3.03. The molecular weight excluding hydrogens is 334 g/mol. The summed E-state index contributed by atoms with van der Waals surface area (Å²) in [6.45, 7) is 9.98. The highest BCUT2D eigenvalue weighted by Gasteiger charge is 2.14. The van der Waals surface area contributed by atoms with E-state index in [-0.39, 0.29) is 18.1 Å². The minimum Gasteiger partial charge on any atom is -0.493 e. The molecule has 1 aromatic carbocycles. The molecule has 144 valence electrons. The van der Waals surface area contributed by atoms with Gasteiger partial charge in [0.25, 0.3) is 5.91 Å². The topological polar surface area (TPSA) is 73.9 Å². The van der Waals surface area contributed by atoms with Gasteiger partial charge >= 0.3 is 5.97 Å². The maximum absolute atomic E-state index is 11.7. The fourth-order valence-electron chi connectivity index (χ4n) is 1.97. The number of nitrogens with one attached hydrogen (secondary N) is 1. The first-order valence-electron chi connectivity index (χ1n) is 8.57.